The Hall–Kier alpha value is -4.32. The lowest BCUT2D eigenvalue weighted by molar-refractivity contribution is 0.484. The maximum Gasteiger partial charge on any atom is 0.295 e. The smallest absolute Gasteiger partial charge is 0.295 e. The zero-order valence-corrected chi connectivity index (χ0v) is 18.1. The number of nitriles is 1. The molecule has 0 aliphatic rings. The number of nitrogens with two attached hydrogens (primary N) is 1. The molecule has 0 aliphatic carbocycles. The third kappa shape index (κ3) is 4.80. The van der Waals surface area contributed by atoms with E-state index < -0.39 is 10.1 Å². The predicted molar refractivity (Wildman–Crippen MR) is 129 cm³/mol. The number of hydrogen-bond acceptors (Lipinski definition) is 6. The molecule has 0 unspecified atom stereocenters. The molecule has 0 radical (unpaired) electrons. The van der Waals surface area contributed by atoms with Gasteiger partial charge in [0.25, 0.3) is 10.1 Å². The van der Waals surface area contributed by atoms with Gasteiger partial charge in [0.15, 0.2) is 0 Å². The van der Waals surface area contributed by atoms with Crippen molar-refractivity contribution in [2.45, 2.75) is 4.90 Å². The van der Waals surface area contributed by atoms with E-state index in [9.17, 15) is 18.2 Å². The molecule has 0 spiro atoms. The van der Waals surface area contributed by atoms with E-state index in [-0.39, 0.29) is 16.3 Å². The Morgan fingerprint density at radius 1 is 0.909 bits per heavy atom. The molecule has 4 rings (SSSR count). The van der Waals surface area contributed by atoms with E-state index in [4.69, 9.17) is 5.73 Å². The summed E-state index contributed by atoms with van der Waals surface area (Å²) >= 11 is 0. The van der Waals surface area contributed by atoms with Crippen LogP contribution in [0.1, 0.15) is 11.1 Å². The summed E-state index contributed by atoms with van der Waals surface area (Å²) < 4.78 is 33.3. The largest absolute Gasteiger partial charge is 0.396 e. The lowest BCUT2D eigenvalue weighted by atomic mass is 10.0. The van der Waals surface area contributed by atoms with Gasteiger partial charge in [0.1, 0.15) is 10.6 Å². The van der Waals surface area contributed by atoms with Crippen molar-refractivity contribution in [3.05, 3.63) is 96.1 Å². The quantitative estimate of drug-likeness (QED) is 0.123. The van der Waals surface area contributed by atoms with Gasteiger partial charge < -0.3 is 5.73 Å². The molecule has 33 heavy (non-hydrogen) atoms. The van der Waals surface area contributed by atoms with Gasteiger partial charge in [0, 0.05) is 10.8 Å². The number of benzene rings is 4. The minimum absolute atomic E-state index is 0.126. The minimum atomic E-state index is -4.48. The van der Waals surface area contributed by atoms with Crippen molar-refractivity contribution in [2.75, 3.05) is 5.73 Å². The van der Waals surface area contributed by atoms with Crippen LogP contribution in [-0.4, -0.2) is 13.0 Å². The Balaban J connectivity index is 1.66. The van der Waals surface area contributed by atoms with E-state index in [1.165, 1.54) is 6.07 Å². The van der Waals surface area contributed by atoms with E-state index in [0.717, 1.165) is 11.1 Å². The molecular formula is C25H18N4O3S. The lowest BCUT2D eigenvalue weighted by Crippen LogP contribution is -2.01. The van der Waals surface area contributed by atoms with E-state index >= 15 is 0 Å². The molecule has 4 aromatic rings. The number of nitrogen functional groups attached to an aromatic ring is 1. The van der Waals surface area contributed by atoms with Crippen LogP contribution in [0, 0.1) is 11.3 Å². The Morgan fingerprint density at radius 3 is 2.18 bits per heavy atom. The van der Waals surface area contributed by atoms with Crippen LogP contribution in [0.2, 0.25) is 0 Å². The van der Waals surface area contributed by atoms with Gasteiger partial charge >= 0.3 is 0 Å². The van der Waals surface area contributed by atoms with Gasteiger partial charge in [-0.3, -0.25) is 4.55 Å². The van der Waals surface area contributed by atoms with Crippen molar-refractivity contribution >= 4 is 49.6 Å². The summed E-state index contributed by atoms with van der Waals surface area (Å²) in [7, 11) is -4.48. The summed E-state index contributed by atoms with van der Waals surface area (Å²) in [6, 6.07) is 26.4. The highest BCUT2D eigenvalue weighted by molar-refractivity contribution is 7.86. The van der Waals surface area contributed by atoms with E-state index in [0.29, 0.717) is 22.0 Å². The molecule has 0 atom stereocenters. The van der Waals surface area contributed by atoms with Crippen LogP contribution in [0.15, 0.2) is 100 Å². The molecule has 0 heterocycles. The summed E-state index contributed by atoms with van der Waals surface area (Å²) in [5.74, 6) is 0. The van der Waals surface area contributed by atoms with Gasteiger partial charge in [-0.05, 0) is 35.4 Å². The maximum absolute atomic E-state index is 11.9. The Bertz CT molecular complexity index is 1540. The van der Waals surface area contributed by atoms with E-state index in [1.807, 2.05) is 30.3 Å². The summed E-state index contributed by atoms with van der Waals surface area (Å²) in [4.78, 5) is -0.285. The maximum atomic E-state index is 11.9. The van der Waals surface area contributed by atoms with Crippen molar-refractivity contribution in [3.8, 4) is 6.07 Å². The average molecular weight is 455 g/mol. The van der Waals surface area contributed by atoms with Gasteiger partial charge in [0.2, 0.25) is 0 Å². The number of rotatable bonds is 5. The van der Waals surface area contributed by atoms with Crippen LogP contribution in [-0.2, 0) is 10.1 Å². The van der Waals surface area contributed by atoms with E-state index in [2.05, 4.69) is 16.3 Å². The normalized spacial score (nSPS) is 12.2. The van der Waals surface area contributed by atoms with Crippen molar-refractivity contribution in [2.24, 2.45) is 10.2 Å². The second-order valence-electron chi connectivity index (χ2n) is 7.16. The molecule has 0 amide bonds. The molecule has 8 heteroatoms. The van der Waals surface area contributed by atoms with Gasteiger partial charge in [-0.1, -0.05) is 66.7 Å². The Morgan fingerprint density at radius 2 is 1.55 bits per heavy atom. The van der Waals surface area contributed by atoms with Crippen LogP contribution in [0.3, 0.4) is 0 Å². The zero-order valence-electron chi connectivity index (χ0n) is 17.3. The SMILES string of the molecule is N#CC(=Cc1ccc(N=Nc2cc(S(=O)(=O)O)c3ccccc3c2N)cc1)c1ccccc1. The van der Waals surface area contributed by atoms with Gasteiger partial charge in [-0.2, -0.15) is 18.8 Å². The molecule has 0 fully saturated rings. The third-order valence-corrected chi connectivity index (χ3v) is 5.88. The molecule has 0 saturated heterocycles. The monoisotopic (exact) mass is 454 g/mol. The van der Waals surface area contributed by atoms with Gasteiger partial charge in [-0.15, -0.1) is 5.11 Å². The molecule has 0 bridgehead atoms. The Kier molecular flexibility index (Phi) is 6.00. The molecule has 0 aliphatic heterocycles. The summed E-state index contributed by atoms with van der Waals surface area (Å²) in [6.07, 6.45) is 1.77. The van der Waals surface area contributed by atoms with Crippen molar-refractivity contribution in [1.82, 2.24) is 0 Å². The molecule has 7 nitrogen and oxygen atoms in total. The number of hydrogen-bond donors (Lipinski definition) is 2. The molecular weight excluding hydrogens is 436 g/mol. The highest BCUT2D eigenvalue weighted by Crippen LogP contribution is 2.36. The molecule has 3 N–H and O–H groups in total. The van der Waals surface area contributed by atoms with Crippen molar-refractivity contribution < 1.29 is 13.0 Å². The molecule has 0 saturated carbocycles. The average Bonchev–Trinajstić information content (AvgIpc) is 2.83. The molecule has 0 aromatic heterocycles. The van der Waals surface area contributed by atoms with Crippen LogP contribution in [0.5, 0.6) is 0 Å². The zero-order chi connectivity index (χ0) is 23.4. The first-order valence-corrected chi connectivity index (χ1v) is 11.3. The third-order valence-electron chi connectivity index (χ3n) is 4.99. The summed E-state index contributed by atoms with van der Waals surface area (Å²) in [5.41, 5.74) is 9.23. The van der Waals surface area contributed by atoms with Gasteiger partial charge in [0.05, 0.1) is 23.0 Å². The first-order valence-electron chi connectivity index (χ1n) is 9.84. The summed E-state index contributed by atoms with van der Waals surface area (Å²) in [6.45, 7) is 0. The number of azo groups is 1. The number of nitrogens with zero attached hydrogens (tertiary/aromatic N) is 3. The first-order chi connectivity index (χ1) is 15.9. The van der Waals surface area contributed by atoms with Crippen molar-refractivity contribution in [3.63, 3.8) is 0 Å². The lowest BCUT2D eigenvalue weighted by Gasteiger charge is -2.09. The molecule has 4 aromatic carbocycles. The predicted octanol–water partition coefficient (Wildman–Crippen LogP) is 6.15. The summed E-state index contributed by atoms with van der Waals surface area (Å²) in [5, 5.41) is 18.5. The highest BCUT2D eigenvalue weighted by atomic mass is 32.2. The highest BCUT2D eigenvalue weighted by Gasteiger charge is 2.18. The second kappa shape index (κ2) is 9.04. The standard InChI is InChI=1S/C25H18N4O3S/c26-16-19(18-6-2-1-3-7-18)14-17-10-12-20(13-11-17)28-29-23-15-24(33(30,31)32)21-8-4-5-9-22(21)25(23)27/h1-15H,27H2,(H,30,31,32). The van der Waals surface area contributed by atoms with Crippen LogP contribution < -0.4 is 5.73 Å². The first kappa shape index (κ1) is 21.9. The fraction of sp³-hybridized carbons (Fsp3) is 0. The number of allylic oxidation sites excluding steroid dienone is 1. The fourth-order valence-corrected chi connectivity index (χ4v) is 4.08. The molecule has 162 valence electrons. The number of anilines is 1. The van der Waals surface area contributed by atoms with Crippen molar-refractivity contribution in [1.29, 1.82) is 5.26 Å². The fourth-order valence-electron chi connectivity index (χ4n) is 3.36. The Labute approximate surface area is 190 Å². The van der Waals surface area contributed by atoms with E-state index in [1.54, 1.807) is 54.6 Å². The van der Waals surface area contributed by atoms with Crippen LogP contribution in [0.4, 0.5) is 17.1 Å². The minimum Gasteiger partial charge on any atom is -0.396 e. The number of fused-ring (bicyclic) bond motifs is 1. The van der Waals surface area contributed by atoms with Gasteiger partial charge in [-0.25, -0.2) is 0 Å². The topological polar surface area (TPSA) is 129 Å². The second-order valence-corrected chi connectivity index (χ2v) is 8.55. The van der Waals surface area contributed by atoms with Crippen LogP contribution in [0.25, 0.3) is 22.4 Å². The van der Waals surface area contributed by atoms with Crippen LogP contribution >= 0.6 is 0 Å².